The van der Waals surface area contributed by atoms with Crippen molar-refractivity contribution < 1.29 is 14.3 Å². The van der Waals surface area contributed by atoms with Crippen molar-refractivity contribution >= 4 is 17.7 Å². The Morgan fingerprint density at radius 3 is 2.56 bits per heavy atom. The number of hydrogen-bond donors (Lipinski definition) is 1. The molecular formula is C18H20N4O3. The molecular weight excluding hydrogens is 320 g/mol. The maximum absolute atomic E-state index is 12.4. The van der Waals surface area contributed by atoms with E-state index in [9.17, 15) is 9.59 Å². The molecule has 0 bridgehead atoms. The maximum Gasteiger partial charge on any atom is 0.339 e. The van der Waals surface area contributed by atoms with E-state index in [0.717, 1.165) is 12.8 Å². The first-order chi connectivity index (χ1) is 12.2. The van der Waals surface area contributed by atoms with Crippen molar-refractivity contribution in [1.29, 1.82) is 0 Å². The van der Waals surface area contributed by atoms with Crippen LogP contribution in [0.1, 0.15) is 34.7 Å². The molecule has 7 heteroatoms. The summed E-state index contributed by atoms with van der Waals surface area (Å²) in [4.78, 5) is 33.7. The summed E-state index contributed by atoms with van der Waals surface area (Å²) in [5, 5.41) is 2.79. The highest BCUT2D eigenvalue weighted by molar-refractivity contribution is 5.93. The smallest absolute Gasteiger partial charge is 0.339 e. The van der Waals surface area contributed by atoms with E-state index in [1.165, 1.54) is 25.1 Å². The summed E-state index contributed by atoms with van der Waals surface area (Å²) >= 11 is 0. The number of esters is 1. The number of methoxy groups -OCH3 is 1. The molecule has 1 saturated heterocycles. The number of aromatic nitrogens is 2. The van der Waals surface area contributed by atoms with Crippen LogP contribution in [0.2, 0.25) is 0 Å². The van der Waals surface area contributed by atoms with Gasteiger partial charge in [-0.2, -0.15) is 0 Å². The van der Waals surface area contributed by atoms with E-state index < -0.39 is 5.97 Å². The van der Waals surface area contributed by atoms with E-state index in [2.05, 4.69) is 20.0 Å². The number of piperidine rings is 1. The molecule has 0 atom stereocenters. The molecule has 25 heavy (non-hydrogen) atoms. The molecule has 2 amide bonds. The first-order valence-electron chi connectivity index (χ1n) is 8.16. The maximum atomic E-state index is 12.4. The minimum absolute atomic E-state index is 0.183. The Balaban J connectivity index is 1.57. The Labute approximate surface area is 146 Å². The van der Waals surface area contributed by atoms with Crippen molar-refractivity contribution in [2.24, 2.45) is 0 Å². The van der Waals surface area contributed by atoms with Crippen molar-refractivity contribution in [1.82, 2.24) is 14.9 Å². The van der Waals surface area contributed by atoms with Crippen LogP contribution in [-0.4, -0.2) is 47.1 Å². The fraction of sp³-hybridized carbons (Fsp3) is 0.333. The monoisotopic (exact) mass is 340 g/mol. The van der Waals surface area contributed by atoms with Gasteiger partial charge in [-0.15, -0.1) is 0 Å². The van der Waals surface area contributed by atoms with Crippen LogP contribution >= 0.6 is 0 Å². The van der Waals surface area contributed by atoms with Crippen LogP contribution < -0.4 is 5.32 Å². The molecule has 0 spiro atoms. The second-order valence-corrected chi connectivity index (χ2v) is 5.93. The van der Waals surface area contributed by atoms with Crippen molar-refractivity contribution in [2.45, 2.75) is 18.8 Å². The Morgan fingerprint density at radius 2 is 1.88 bits per heavy atom. The van der Waals surface area contributed by atoms with E-state index in [1.54, 1.807) is 23.4 Å². The number of pyridine rings is 2. The third kappa shape index (κ3) is 4.12. The summed E-state index contributed by atoms with van der Waals surface area (Å²) in [5.74, 6) is -0.0295. The predicted octanol–water partition coefficient (Wildman–Crippen LogP) is 2.67. The topological polar surface area (TPSA) is 84.4 Å². The lowest BCUT2D eigenvalue weighted by molar-refractivity contribution is 0.0600. The number of amides is 2. The van der Waals surface area contributed by atoms with Crippen LogP contribution in [0, 0.1) is 0 Å². The zero-order chi connectivity index (χ0) is 17.6. The number of hydrogen-bond acceptors (Lipinski definition) is 5. The molecule has 0 saturated carbocycles. The summed E-state index contributed by atoms with van der Waals surface area (Å²) < 4.78 is 4.66. The van der Waals surface area contributed by atoms with E-state index in [-0.39, 0.29) is 6.03 Å². The Kier molecular flexibility index (Phi) is 5.23. The molecule has 1 fully saturated rings. The molecule has 3 heterocycles. The number of nitrogens with zero attached hydrogens (tertiary/aromatic N) is 3. The van der Waals surface area contributed by atoms with Gasteiger partial charge in [0.05, 0.1) is 24.6 Å². The first kappa shape index (κ1) is 16.9. The van der Waals surface area contributed by atoms with Gasteiger partial charge in [0.15, 0.2) is 0 Å². The average Bonchev–Trinajstić information content (AvgIpc) is 2.68. The minimum Gasteiger partial charge on any atom is -0.465 e. The van der Waals surface area contributed by atoms with E-state index >= 15 is 0 Å². The fourth-order valence-electron chi connectivity index (χ4n) is 2.99. The van der Waals surface area contributed by atoms with Gasteiger partial charge in [-0.05, 0) is 42.5 Å². The second-order valence-electron chi connectivity index (χ2n) is 5.93. The molecule has 0 radical (unpaired) electrons. The van der Waals surface area contributed by atoms with Gasteiger partial charge in [-0.1, -0.05) is 0 Å². The zero-order valence-corrected chi connectivity index (χ0v) is 14.0. The molecule has 0 aromatic carbocycles. The van der Waals surface area contributed by atoms with E-state index in [1.807, 2.05) is 12.1 Å². The largest absolute Gasteiger partial charge is 0.465 e. The third-order valence-corrected chi connectivity index (χ3v) is 4.37. The number of ether oxygens (including phenoxy) is 1. The highest BCUT2D eigenvalue weighted by Gasteiger charge is 2.24. The Hall–Kier alpha value is -2.96. The lowest BCUT2D eigenvalue weighted by atomic mass is 9.90. The zero-order valence-electron chi connectivity index (χ0n) is 14.0. The number of rotatable bonds is 3. The van der Waals surface area contributed by atoms with Gasteiger partial charge in [-0.3, -0.25) is 9.97 Å². The fourth-order valence-corrected chi connectivity index (χ4v) is 2.99. The average molecular weight is 340 g/mol. The summed E-state index contributed by atoms with van der Waals surface area (Å²) in [6.45, 7) is 1.37. The van der Waals surface area contributed by atoms with Gasteiger partial charge >= 0.3 is 12.0 Å². The lowest BCUT2D eigenvalue weighted by Crippen LogP contribution is -2.40. The summed E-state index contributed by atoms with van der Waals surface area (Å²) in [7, 11) is 1.31. The SMILES string of the molecule is COC(=O)c1cncc(NC(=O)N2CCC(c3ccncc3)CC2)c1. The summed E-state index contributed by atoms with van der Waals surface area (Å²) in [5.41, 5.74) is 2.05. The number of carbonyl (C=O) groups is 2. The van der Waals surface area contributed by atoms with Crippen LogP contribution in [-0.2, 0) is 4.74 Å². The number of carbonyl (C=O) groups excluding carboxylic acids is 2. The van der Waals surface area contributed by atoms with Crippen LogP contribution in [0.5, 0.6) is 0 Å². The normalized spacial score (nSPS) is 14.8. The van der Waals surface area contributed by atoms with Crippen LogP contribution in [0.25, 0.3) is 0 Å². The van der Waals surface area contributed by atoms with Crippen molar-refractivity contribution in [3.05, 3.63) is 54.1 Å². The lowest BCUT2D eigenvalue weighted by Gasteiger charge is -2.32. The van der Waals surface area contributed by atoms with Gasteiger partial charge in [0.2, 0.25) is 0 Å². The number of nitrogens with one attached hydrogen (secondary N) is 1. The molecule has 1 N–H and O–H groups in total. The number of likely N-dealkylation sites (tertiary alicyclic amines) is 1. The van der Waals surface area contributed by atoms with Gasteiger partial charge in [0, 0.05) is 31.7 Å². The Bertz CT molecular complexity index is 743. The van der Waals surface area contributed by atoms with Gasteiger partial charge in [0.1, 0.15) is 0 Å². The first-order valence-corrected chi connectivity index (χ1v) is 8.16. The molecule has 0 aliphatic carbocycles. The summed E-state index contributed by atoms with van der Waals surface area (Å²) in [6, 6.07) is 5.44. The van der Waals surface area contributed by atoms with Crippen LogP contribution in [0.15, 0.2) is 43.0 Å². The summed E-state index contributed by atoms with van der Waals surface area (Å²) in [6.07, 6.45) is 8.34. The standard InChI is InChI=1S/C18H20N4O3/c1-25-17(23)15-10-16(12-20-11-15)21-18(24)22-8-4-14(5-9-22)13-2-6-19-7-3-13/h2-3,6-7,10-12,14H,4-5,8-9H2,1H3,(H,21,24). The molecule has 1 aliphatic heterocycles. The molecule has 2 aromatic rings. The molecule has 1 aliphatic rings. The van der Waals surface area contributed by atoms with Crippen LogP contribution in [0.4, 0.5) is 10.5 Å². The Morgan fingerprint density at radius 1 is 1.16 bits per heavy atom. The van der Waals surface area contributed by atoms with Crippen molar-refractivity contribution in [3.8, 4) is 0 Å². The van der Waals surface area contributed by atoms with Crippen molar-refractivity contribution in [2.75, 3.05) is 25.5 Å². The number of anilines is 1. The van der Waals surface area contributed by atoms with Crippen LogP contribution in [0.3, 0.4) is 0 Å². The van der Waals surface area contributed by atoms with E-state index in [0.29, 0.717) is 30.3 Å². The second kappa shape index (κ2) is 7.74. The van der Waals surface area contributed by atoms with Gasteiger partial charge < -0.3 is 15.0 Å². The highest BCUT2D eigenvalue weighted by Crippen LogP contribution is 2.27. The molecule has 7 nitrogen and oxygen atoms in total. The third-order valence-electron chi connectivity index (χ3n) is 4.37. The molecule has 130 valence electrons. The van der Waals surface area contributed by atoms with Gasteiger partial charge in [-0.25, -0.2) is 9.59 Å². The number of urea groups is 1. The van der Waals surface area contributed by atoms with Gasteiger partial charge in [0.25, 0.3) is 0 Å². The molecule has 2 aromatic heterocycles. The molecule has 3 rings (SSSR count). The molecule has 0 unspecified atom stereocenters. The van der Waals surface area contributed by atoms with E-state index in [4.69, 9.17) is 0 Å². The predicted molar refractivity (Wildman–Crippen MR) is 92.4 cm³/mol. The minimum atomic E-state index is -0.484. The highest BCUT2D eigenvalue weighted by atomic mass is 16.5. The van der Waals surface area contributed by atoms with Crippen molar-refractivity contribution in [3.63, 3.8) is 0 Å². The quantitative estimate of drug-likeness (QED) is 0.869.